The van der Waals surface area contributed by atoms with Gasteiger partial charge in [0.1, 0.15) is 11.3 Å². The van der Waals surface area contributed by atoms with Crippen molar-refractivity contribution in [1.29, 1.82) is 0 Å². The fraction of sp³-hybridized carbons (Fsp3) is 0.0645. The molecule has 4 N–H and O–H groups in total. The van der Waals surface area contributed by atoms with Crippen molar-refractivity contribution in [1.82, 2.24) is 33.7 Å². The van der Waals surface area contributed by atoms with Crippen molar-refractivity contribution in [2.24, 2.45) is 0 Å². The molecule has 0 aliphatic heterocycles. The summed E-state index contributed by atoms with van der Waals surface area (Å²) in [4.78, 5) is 21.0. The lowest BCUT2D eigenvalue weighted by Gasteiger charge is -2.15. The highest BCUT2D eigenvalue weighted by Crippen LogP contribution is 2.38. The number of fused-ring (bicyclic) bond motifs is 2. The first kappa shape index (κ1) is 28.8. The number of pyridine rings is 1. The monoisotopic (exact) mass is 657 g/mol. The van der Waals surface area contributed by atoms with Crippen molar-refractivity contribution in [3.8, 4) is 33.6 Å². The van der Waals surface area contributed by atoms with Crippen molar-refractivity contribution in [3.63, 3.8) is 0 Å². The van der Waals surface area contributed by atoms with Crippen molar-refractivity contribution in [2.45, 2.75) is 13.1 Å². The molecule has 0 amide bonds. The molecule has 0 bridgehead atoms. The van der Waals surface area contributed by atoms with E-state index >= 15 is 0 Å². The van der Waals surface area contributed by atoms with Crippen LogP contribution in [0, 0.1) is 6.92 Å². The largest absolute Gasteiger partial charge is 0.433 e. The topological polar surface area (TPSA) is 125 Å². The molecule has 220 valence electrons. The van der Waals surface area contributed by atoms with Crippen LogP contribution in [0.3, 0.4) is 0 Å². The standard InChI is InChI=1S/C19H14F3N5.C12H9BrN4/c1-11-9-13(10-14(25-11)19(20,21)22)15-16(12-5-3-2-4-6-12)26-18(23)27-8-7-24-17(15)27;13-9-10(8-4-2-1-3-5-8)16-12(14)17-7-6-15-11(9)17/h2-10H,1H3,(H2,23,26);1-7H,(H2,14,16). The maximum absolute atomic E-state index is 13.3. The van der Waals surface area contributed by atoms with Crippen LogP contribution in [-0.4, -0.2) is 33.7 Å². The number of rotatable bonds is 3. The van der Waals surface area contributed by atoms with Crippen molar-refractivity contribution < 1.29 is 13.2 Å². The van der Waals surface area contributed by atoms with Crippen LogP contribution >= 0.6 is 15.9 Å². The van der Waals surface area contributed by atoms with Crippen molar-refractivity contribution in [2.75, 3.05) is 11.5 Å². The SMILES string of the molecule is Cc1cc(-c2c(-c3ccccc3)nc(N)n3ccnc23)cc(C(F)(F)F)n1.Nc1nc(-c2ccccc2)c(Br)c2nccn12. The molecule has 13 heteroatoms. The highest BCUT2D eigenvalue weighted by Gasteiger charge is 2.33. The number of nitrogen functional groups attached to an aromatic ring is 2. The predicted molar refractivity (Wildman–Crippen MR) is 166 cm³/mol. The average Bonchev–Trinajstić information content (AvgIpc) is 3.71. The fourth-order valence-corrected chi connectivity index (χ4v) is 5.40. The van der Waals surface area contributed by atoms with E-state index in [0.29, 0.717) is 28.4 Å². The van der Waals surface area contributed by atoms with Gasteiger partial charge in [-0.3, -0.25) is 8.80 Å². The molecule has 0 radical (unpaired) electrons. The quantitative estimate of drug-likeness (QED) is 0.207. The summed E-state index contributed by atoms with van der Waals surface area (Å²) < 4.78 is 44.0. The van der Waals surface area contributed by atoms with E-state index in [2.05, 4.69) is 40.8 Å². The Morgan fingerprint density at radius 3 is 1.80 bits per heavy atom. The van der Waals surface area contributed by atoms with Crippen LogP contribution < -0.4 is 11.5 Å². The lowest BCUT2D eigenvalue weighted by atomic mass is 9.99. The zero-order chi connectivity index (χ0) is 31.0. The minimum absolute atomic E-state index is 0.201. The molecule has 0 spiro atoms. The third kappa shape index (κ3) is 5.44. The Morgan fingerprint density at radius 1 is 0.682 bits per heavy atom. The van der Waals surface area contributed by atoms with Gasteiger partial charge in [-0.1, -0.05) is 60.7 Å². The molecule has 44 heavy (non-hydrogen) atoms. The molecule has 0 saturated heterocycles. The molecule has 0 fully saturated rings. The molecule has 9 nitrogen and oxygen atoms in total. The van der Waals surface area contributed by atoms with Gasteiger partial charge in [-0.05, 0) is 40.5 Å². The van der Waals surface area contributed by atoms with E-state index in [1.54, 1.807) is 33.5 Å². The molecular formula is C31H23BrF3N9. The van der Waals surface area contributed by atoms with Gasteiger partial charge < -0.3 is 11.5 Å². The minimum atomic E-state index is -4.55. The van der Waals surface area contributed by atoms with Crippen LogP contribution in [0.2, 0.25) is 0 Å². The second-order valence-electron chi connectivity index (χ2n) is 9.68. The number of aromatic nitrogens is 7. The van der Waals surface area contributed by atoms with E-state index in [1.807, 2.05) is 60.7 Å². The summed E-state index contributed by atoms with van der Waals surface area (Å²) in [6.07, 6.45) is 2.09. The molecule has 5 heterocycles. The third-order valence-electron chi connectivity index (χ3n) is 6.72. The average molecular weight is 658 g/mol. The molecule has 7 aromatic rings. The van der Waals surface area contributed by atoms with Crippen LogP contribution in [0.5, 0.6) is 0 Å². The summed E-state index contributed by atoms with van der Waals surface area (Å²) >= 11 is 3.53. The van der Waals surface area contributed by atoms with Gasteiger partial charge in [0.15, 0.2) is 5.65 Å². The number of halogens is 4. The Kier molecular flexibility index (Phi) is 7.47. The summed E-state index contributed by atoms with van der Waals surface area (Å²) in [5.41, 5.74) is 16.2. The Hall–Kier alpha value is -5.30. The second-order valence-corrected chi connectivity index (χ2v) is 10.5. The molecule has 7 rings (SSSR count). The van der Waals surface area contributed by atoms with E-state index in [9.17, 15) is 13.2 Å². The Bertz CT molecular complexity index is 2110. The zero-order valence-corrected chi connectivity index (χ0v) is 24.6. The number of anilines is 2. The van der Waals surface area contributed by atoms with E-state index in [4.69, 9.17) is 11.5 Å². The number of benzene rings is 2. The van der Waals surface area contributed by atoms with Crippen molar-refractivity contribution in [3.05, 3.63) is 113 Å². The number of alkyl halides is 3. The molecule has 0 aliphatic rings. The summed E-state index contributed by atoms with van der Waals surface area (Å²) in [5.74, 6) is 0.631. The van der Waals surface area contributed by atoms with Crippen LogP contribution in [0.25, 0.3) is 44.9 Å². The number of imidazole rings is 2. The van der Waals surface area contributed by atoms with Gasteiger partial charge in [-0.15, -0.1) is 0 Å². The molecular weight excluding hydrogens is 635 g/mol. The van der Waals surface area contributed by atoms with E-state index in [-0.39, 0.29) is 11.6 Å². The van der Waals surface area contributed by atoms with Gasteiger partial charge in [-0.25, -0.2) is 24.9 Å². The number of nitrogens with two attached hydrogens (primary N) is 2. The highest BCUT2D eigenvalue weighted by molar-refractivity contribution is 9.10. The number of hydrogen-bond acceptors (Lipinski definition) is 7. The lowest BCUT2D eigenvalue weighted by molar-refractivity contribution is -0.141. The first-order valence-corrected chi connectivity index (χ1v) is 14.0. The van der Waals surface area contributed by atoms with Crippen LogP contribution in [0.15, 0.2) is 102 Å². The highest BCUT2D eigenvalue weighted by atomic mass is 79.9. The van der Waals surface area contributed by atoms with E-state index < -0.39 is 11.9 Å². The second kappa shape index (κ2) is 11.4. The fourth-order valence-electron chi connectivity index (χ4n) is 4.79. The predicted octanol–water partition coefficient (Wildman–Crippen LogP) is 7.11. The lowest BCUT2D eigenvalue weighted by Crippen LogP contribution is -2.10. The van der Waals surface area contributed by atoms with Gasteiger partial charge in [0.25, 0.3) is 0 Å². The Morgan fingerprint density at radius 2 is 1.20 bits per heavy atom. The summed E-state index contributed by atoms with van der Waals surface area (Å²) in [7, 11) is 0. The van der Waals surface area contributed by atoms with Crippen LogP contribution in [0.4, 0.5) is 25.1 Å². The minimum Gasteiger partial charge on any atom is -0.369 e. The van der Waals surface area contributed by atoms with Gasteiger partial charge in [0, 0.05) is 41.6 Å². The number of aryl methyl sites for hydroxylation is 1. The van der Waals surface area contributed by atoms with Crippen molar-refractivity contribution >= 4 is 39.1 Å². The van der Waals surface area contributed by atoms with Gasteiger partial charge in [0.05, 0.1) is 21.4 Å². The zero-order valence-electron chi connectivity index (χ0n) is 23.0. The van der Waals surface area contributed by atoms with Gasteiger partial charge in [-0.2, -0.15) is 13.2 Å². The third-order valence-corrected chi connectivity index (χ3v) is 7.45. The van der Waals surface area contributed by atoms with E-state index in [0.717, 1.165) is 33.0 Å². The number of hydrogen-bond donors (Lipinski definition) is 2. The molecule has 5 aromatic heterocycles. The molecule has 2 aromatic carbocycles. The Labute approximate surface area is 257 Å². The first-order chi connectivity index (χ1) is 21.1. The first-order valence-electron chi connectivity index (χ1n) is 13.2. The van der Waals surface area contributed by atoms with Crippen LogP contribution in [-0.2, 0) is 6.18 Å². The molecule has 0 aliphatic carbocycles. The summed E-state index contributed by atoms with van der Waals surface area (Å²) in [6, 6.07) is 21.6. The molecule has 0 unspecified atom stereocenters. The van der Waals surface area contributed by atoms with E-state index in [1.165, 1.54) is 13.1 Å². The van der Waals surface area contributed by atoms with Crippen LogP contribution in [0.1, 0.15) is 11.4 Å². The smallest absolute Gasteiger partial charge is 0.369 e. The van der Waals surface area contributed by atoms with Gasteiger partial charge >= 0.3 is 6.18 Å². The molecule has 0 atom stereocenters. The molecule has 0 saturated carbocycles. The maximum Gasteiger partial charge on any atom is 0.433 e. The number of nitrogens with zero attached hydrogens (tertiary/aromatic N) is 7. The normalized spacial score (nSPS) is 11.5. The summed E-state index contributed by atoms with van der Waals surface area (Å²) in [6.45, 7) is 1.52. The van der Waals surface area contributed by atoms with Gasteiger partial charge in [0.2, 0.25) is 11.9 Å². The Balaban J connectivity index is 0.000000173. The summed E-state index contributed by atoms with van der Waals surface area (Å²) in [5, 5.41) is 0. The maximum atomic E-state index is 13.3.